The van der Waals surface area contributed by atoms with Crippen LogP contribution >= 0.6 is 11.6 Å². The number of rotatable bonds is 5. The van der Waals surface area contributed by atoms with Crippen LogP contribution in [-0.2, 0) is 0 Å². The maximum atomic E-state index is 12.1. The van der Waals surface area contributed by atoms with Crippen LogP contribution in [-0.4, -0.2) is 21.1 Å². The molecule has 0 bridgehead atoms. The van der Waals surface area contributed by atoms with Crippen LogP contribution in [0.4, 0.5) is 16.2 Å². The molecule has 1 heterocycles. The van der Waals surface area contributed by atoms with E-state index >= 15 is 0 Å². The van der Waals surface area contributed by atoms with Crippen molar-refractivity contribution in [3.63, 3.8) is 0 Å². The number of carbonyl (C=O) groups excluding carboxylic acids is 1. The molecule has 27 heavy (non-hydrogen) atoms. The number of amides is 2. The molecule has 1 atom stereocenters. The van der Waals surface area contributed by atoms with E-state index in [2.05, 4.69) is 20.8 Å². The number of aromatic nitrogens is 2. The summed E-state index contributed by atoms with van der Waals surface area (Å²) < 4.78 is 5.19. The molecular formula is C17H14ClN5O4. The van der Waals surface area contributed by atoms with Gasteiger partial charge in [-0.2, -0.15) is 4.98 Å². The molecule has 0 saturated heterocycles. The van der Waals surface area contributed by atoms with E-state index in [4.69, 9.17) is 16.1 Å². The summed E-state index contributed by atoms with van der Waals surface area (Å²) in [7, 11) is 0. The van der Waals surface area contributed by atoms with Gasteiger partial charge in [0.15, 0.2) is 0 Å². The van der Waals surface area contributed by atoms with Gasteiger partial charge in [0.2, 0.25) is 11.7 Å². The Bertz CT molecular complexity index is 973. The highest BCUT2D eigenvalue weighted by Crippen LogP contribution is 2.22. The van der Waals surface area contributed by atoms with Crippen molar-refractivity contribution >= 4 is 29.0 Å². The first kappa shape index (κ1) is 18.3. The molecular weight excluding hydrogens is 374 g/mol. The van der Waals surface area contributed by atoms with E-state index in [0.29, 0.717) is 22.1 Å². The van der Waals surface area contributed by atoms with Crippen molar-refractivity contribution in [2.24, 2.45) is 0 Å². The Morgan fingerprint density at radius 2 is 2.00 bits per heavy atom. The zero-order valence-electron chi connectivity index (χ0n) is 14.0. The third kappa shape index (κ3) is 4.59. The highest BCUT2D eigenvalue weighted by atomic mass is 35.5. The molecule has 0 spiro atoms. The van der Waals surface area contributed by atoms with Crippen molar-refractivity contribution in [3.05, 3.63) is 69.6 Å². The number of nitro groups is 1. The number of carbonyl (C=O) groups is 1. The second kappa shape index (κ2) is 7.83. The summed E-state index contributed by atoms with van der Waals surface area (Å²) in [4.78, 5) is 26.5. The van der Waals surface area contributed by atoms with E-state index in [9.17, 15) is 14.9 Å². The predicted octanol–water partition coefficient (Wildman–Crippen LogP) is 4.18. The van der Waals surface area contributed by atoms with E-state index < -0.39 is 17.0 Å². The molecule has 3 rings (SSSR count). The maximum absolute atomic E-state index is 12.1. The van der Waals surface area contributed by atoms with E-state index in [0.717, 1.165) is 0 Å². The third-order valence-electron chi connectivity index (χ3n) is 3.58. The highest BCUT2D eigenvalue weighted by Gasteiger charge is 2.17. The van der Waals surface area contributed by atoms with Gasteiger partial charge in [0, 0.05) is 28.4 Å². The Morgan fingerprint density at radius 3 is 2.67 bits per heavy atom. The van der Waals surface area contributed by atoms with Crippen LogP contribution in [0.2, 0.25) is 5.02 Å². The molecule has 0 aliphatic carbocycles. The van der Waals surface area contributed by atoms with Crippen LogP contribution in [0.25, 0.3) is 11.4 Å². The molecule has 138 valence electrons. The molecule has 0 aliphatic rings. The first-order valence-electron chi connectivity index (χ1n) is 7.84. The van der Waals surface area contributed by atoms with Crippen molar-refractivity contribution in [2.45, 2.75) is 13.0 Å². The van der Waals surface area contributed by atoms with Crippen molar-refractivity contribution < 1.29 is 14.2 Å². The number of hydrogen-bond donors (Lipinski definition) is 2. The first-order chi connectivity index (χ1) is 12.9. The number of nitro benzene ring substituents is 1. The van der Waals surface area contributed by atoms with Crippen LogP contribution in [0.1, 0.15) is 18.9 Å². The van der Waals surface area contributed by atoms with Gasteiger partial charge >= 0.3 is 6.03 Å². The Labute approximate surface area is 158 Å². The topological polar surface area (TPSA) is 123 Å². The van der Waals surface area contributed by atoms with Gasteiger partial charge in [-0.05, 0) is 31.2 Å². The number of nitrogens with zero attached hydrogens (tertiary/aromatic N) is 3. The smallest absolute Gasteiger partial charge is 0.319 e. The number of nitrogens with one attached hydrogen (secondary N) is 2. The first-order valence-corrected chi connectivity index (χ1v) is 8.21. The lowest BCUT2D eigenvalue weighted by Gasteiger charge is -2.11. The average molecular weight is 388 g/mol. The average Bonchev–Trinajstić information content (AvgIpc) is 3.12. The lowest BCUT2D eigenvalue weighted by Crippen LogP contribution is -2.31. The predicted molar refractivity (Wildman–Crippen MR) is 98.4 cm³/mol. The lowest BCUT2D eigenvalue weighted by molar-refractivity contribution is -0.384. The summed E-state index contributed by atoms with van der Waals surface area (Å²) in [6, 6.07) is 11.4. The molecule has 1 unspecified atom stereocenters. The number of anilines is 1. The fraction of sp³-hybridized carbons (Fsp3) is 0.118. The largest absolute Gasteiger partial charge is 0.337 e. The summed E-state index contributed by atoms with van der Waals surface area (Å²) in [5, 5.41) is 20.3. The summed E-state index contributed by atoms with van der Waals surface area (Å²) >= 11 is 5.95. The van der Waals surface area contributed by atoms with Crippen molar-refractivity contribution in [1.29, 1.82) is 0 Å². The number of hydrogen-bond acceptors (Lipinski definition) is 6. The summed E-state index contributed by atoms with van der Waals surface area (Å²) in [6.45, 7) is 1.69. The number of benzene rings is 2. The summed E-state index contributed by atoms with van der Waals surface area (Å²) in [6.07, 6.45) is 0. The molecule has 0 radical (unpaired) electrons. The number of halogens is 1. The minimum atomic E-state index is -0.552. The molecule has 0 fully saturated rings. The van der Waals surface area contributed by atoms with Gasteiger partial charge in [0.05, 0.1) is 4.92 Å². The van der Waals surface area contributed by atoms with Crippen molar-refractivity contribution in [2.75, 3.05) is 5.32 Å². The Hall–Kier alpha value is -3.46. The monoisotopic (exact) mass is 387 g/mol. The second-order valence-corrected chi connectivity index (χ2v) is 6.03. The minimum absolute atomic E-state index is 0.0614. The quantitative estimate of drug-likeness (QED) is 0.500. The Morgan fingerprint density at radius 1 is 1.26 bits per heavy atom. The van der Waals surface area contributed by atoms with E-state index in [1.165, 1.54) is 24.3 Å². The van der Waals surface area contributed by atoms with Crippen LogP contribution in [0.3, 0.4) is 0 Å². The van der Waals surface area contributed by atoms with Gasteiger partial charge in [0.1, 0.15) is 6.04 Å². The molecule has 10 heteroatoms. The number of non-ortho nitro benzene ring substituents is 1. The normalized spacial score (nSPS) is 11.6. The fourth-order valence-corrected chi connectivity index (χ4v) is 2.44. The molecule has 1 aromatic heterocycles. The summed E-state index contributed by atoms with van der Waals surface area (Å²) in [5.74, 6) is 0.584. The number of urea groups is 1. The van der Waals surface area contributed by atoms with Crippen LogP contribution in [0.5, 0.6) is 0 Å². The molecule has 3 aromatic rings. The highest BCUT2D eigenvalue weighted by molar-refractivity contribution is 6.30. The lowest BCUT2D eigenvalue weighted by atomic mass is 10.2. The zero-order valence-corrected chi connectivity index (χ0v) is 14.8. The van der Waals surface area contributed by atoms with Crippen LogP contribution in [0.15, 0.2) is 53.1 Å². The molecule has 2 amide bonds. The third-order valence-corrected chi connectivity index (χ3v) is 3.81. The molecule has 9 nitrogen and oxygen atoms in total. The maximum Gasteiger partial charge on any atom is 0.319 e. The van der Waals surface area contributed by atoms with Gasteiger partial charge in [-0.25, -0.2) is 4.79 Å². The van der Waals surface area contributed by atoms with Gasteiger partial charge < -0.3 is 15.2 Å². The minimum Gasteiger partial charge on any atom is -0.337 e. The van der Waals surface area contributed by atoms with Crippen LogP contribution in [0, 0.1) is 10.1 Å². The summed E-state index contributed by atoms with van der Waals surface area (Å²) in [5.41, 5.74) is 1.05. The van der Waals surface area contributed by atoms with E-state index in [1.807, 2.05) is 0 Å². The van der Waals surface area contributed by atoms with Gasteiger partial charge in [-0.3, -0.25) is 10.1 Å². The zero-order chi connectivity index (χ0) is 19.4. The second-order valence-electron chi connectivity index (χ2n) is 5.59. The van der Waals surface area contributed by atoms with Crippen molar-refractivity contribution in [1.82, 2.24) is 15.5 Å². The molecule has 2 aromatic carbocycles. The molecule has 2 N–H and O–H groups in total. The SMILES string of the molecule is CC(NC(=O)Nc1ccc([N+](=O)[O-])cc1)c1nc(-c2cccc(Cl)c2)no1. The van der Waals surface area contributed by atoms with Gasteiger partial charge in [0.25, 0.3) is 5.69 Å². The fourth-order valence-electron chi connectivity index (χ4n) is 2.25. The Balaban J connectivity index is 1.62. The van der Waals surface area contributed by atoms with Crippen LogP contribution < -0.4 is 10.6 Å². The van der Waals surface area contributed by atoms with E-state index in [1.54, 1.807) is 31.2 Å². The van der Waals surface area contributed by atoms with E-state index in [-0.39, 0.29) is 11.6 Å². The Kier molecular flexibility index (Phi) is 5.32. The van der Waals surface area contributed by atoms with Gasteiger partial charge in [-0.15, -0.1) is 0 Å². The van der Waals surface area contributed by atoms with Gasteiger partial charge in [-0.1, -0.05) is 28.9 Å². The molecule has 0 saturated carbocycles. The standard InChI is InChI=1S/C17H14ClN5O4/c1-10(16-21-15(22-27-16)11-3-2-4-12(18)9-11)19-17(24)20-13-5-7-14(8-6-13)23(25)26/h2-10H,1H3,(H2,19,20,24). The van der Waals surface area contributed by atoms with Crippen molar-refractivity contribution in [3.8, 4) is 11.4 Å². The molecule has 0 aliphatic heterocycles.